The molecule has 4 rings (SSSR count). The van der Waals surface area contributed by atoms with Crippen LogP contribution in [0.2, 0.25) is 0 Å². The highest BCUT2D eigenvalue weighted by atomic mass is 15.1. The molecule has 0 saturated carbocycles. The second kappa shape index (κ2) is 6.42. The van der Waals surface area contributed by atoms with Crippen LogP contribution in [0.4, 0.5) is 0 Å². The van der Waals surface area contributed by atoms with Crippen molar-refractivity contribution in [3.63, 3.8) is 0 Å². The zero-order valence-electron chi connectivity index (χ0n) is 14.3. The average molecular weight is 319 g/mol. The molecule has 1 aliphatic heterocycles. The topological polar surface area (TPSA) is 34.2 Å². The van der Waals surface area contributed by atoms with E-state index in [-0.39, 0.29) is 0 Å². The van der Waals surface area contributed by atoms with E-state index in [1.165, 1.54) is 33.2 Å². The second-order valence-corrected chi connectivity index (χ2v) is 6.93. The van der Waals surface area contributed by atoms with Gasteiger partial charge in [0.25, 0.3) is 0 Å². The predicted octanol–water partition coefficient (Wildman–Crippen LogP) is 3.59. The molecule has 0 amide bonds. The Morgan fingerprint density at radius 1 is 1.04 bits per heavy atom. The van der Waals surface area contributed by atoms with Gasteiger partial charge in [0.05, 0.1) is 0 Å². The minimum atomic E-state index is 0.756. The van der Waals surface area contributed by atoms with Crippen LogP contribution in [0.25, 0.3) is 10.9 Å². The molecule has 0 atom stereocenters. The fourth-order valence-electron chi connectivity index (χ4n) is 3.88. The van der Waals surface area contributed by atoms with Crippen LogP contribution >= 0.6 is 0 Å². The molecule has 3 heteroatoms. The highest BCUT2D eigenvalue weighted by molar-refractivity contribution is 5.85. The molecular formula is C21H25N3. The number of fused-ring (bicyclic) bond motifs is 2. The smallest absolute Gasteiger partial charge is 0.0484 e. The molecule has 0 spiro atoms. The van der Waals surface area contributed by atoms with Crippen molar-refractivity contribution in [3.05, 3.63) is 70.9 Å². The summed E-state index contributed by atoms with van der Waals surface area (Å²) in [5, 5.41) is 1.41. The molecule has 2 aromatic carbocycles. The molecule has 0 saturated heterocycles. The fourth-order valence-corrected chi connectivity index (χ4v) is 3.88. The van der Waals surface area contributed by atoms with E-state index in [1.807, 2.05) is 0 Å². The van der Waals surface area contributed by atoms with Gasteiger partial charge in [-0.05, 0) is 53.8 Å². The fraction of sp³-hybridized carbons (Fsp3) is 0.333. The van der Waals surface area contributed by atoms with E-state index in [1.54, 1.807) is 0 Å². The third kappa shape index (κ3) is 2.85. The van der Waals surface area contributed by atoms with E-state index in [0.29, 0.717) is 0 Å². The lowest BCUT2D eigenvalue weighted by atomic mass is 10.0. The first-order valence-electron chi connectivity index (χ1n) is 8.80. The van der Waals surface area contributed by atoms with Crippen LogP contribution in [-0.2, 0) is 33.1 Å². The van der Waals surface area contributed by atoms with Crippen molar-refractivity contribution in [1.82, 2.24) is 9.47 Å². The predicted molar refractivity (Wildman–Crippen MR) is 99.7 cm³/mol. The van der Waals surface area contributed by atoms with Gasteiger partial charge in [0.2, 0.25) is 0 Å². The third-order valence-corrected chi connectivity index (χ3v) is 5.08. The first-order chi connectivity index (χ1) is 11.7. The maximum Gasteiger partial charge on any atom is 0.0484 e. The Balaban J connectivity index is 1.60. The molecule has 24 heavy (non-hydrogen) atoms. The number of aromatic nitrogens is 1. The van der Waals surface area contributed by atoms with Gasteiger partial charge in [0.1, 0.15) is 0 Å². The van der Waals surface area contributed by atoms with E-state index in [2.05, 4.69) is 65.2 Å². The van der Waals surface area contributed by atoms with E-state index in [0.717, 1.165) is 39.0 Å². The van der Waals surface area contributed by atoms with E-state index in [4.69, 9.17) is 5.73 Å². The molecule has 124 valence electrons. The summed E-state index contributed by atoms with van der Waals surface area (Å²) in [5.74, 6) is 0. The molecule has 1 aromatic heterocycles. The van der Waals surface area contributed by atoms with Crippen molar-refractivity contribution in [2.24, 2.45) is 12.8 Å². The molecule has 1 aliphatic rings. The number of hydrogen-bond donors (Lipinski definition) is 1. The van der Waals surface area contributed by atoms with Crippen LogP contribution in [0.3, 0.4) is 0 Å². The summed E-state index contributed by atoms with van der Waals surface area (Å²) >= 11 is 0. The van der Waals surface area contributed by atoms with Crippen LogP contribution in [0.15, 0.2) is 48.7 Å². The zero-order valence-corrected chi connectivity index (χ0v) is 14.3. The minimum absolute atomic E-state index is 0.756. The number of rotatable bonds is 5. The second-order valence-electron chi connectivity index (χ2n) is 6.93. The molecule has 0 fully saturated rings. The van der Waals surface area contributed by atoms with Gasteiger partial charge in [-0.15, -0.1) is 0 Å². The average Bonchev–Trinajstić information content (AvgIpc) is 3.12. The van der Waals surface area contributed by atoms with Crippen molar-refractivity contribution < 1.29 is 0 Å². The molecule has 0 unspecified atom stereocenters. The first-order valence-corrected chi connectivity index (χ1v) is 8.80. The Bertz CT molecular complexity index is 848. The van der Waals surface area contributed by atoms with Gasteiger partial charge in [0, 0.05) is 43.8 Å². The lowest BCUT2D eigenvalue weighted by molar-refractivity contribution is 0.275. The first kappa shape index (κ1) is 15.4. The normalized spacial score (nSPS) is 14.4. The van der Waals surface area contributed by atoms with Gasteiger partial charge in [-0.2, -0.15) is 0 Å². The Morgan fingerprint density at radius 3 is 2.54 bits per heavy atom. The summed E-state index contributed by atoms with van der Waals surface area (Å²) in [5.41, 5.74) is 12.8. The zero-order chi connectivity index (χ0) is 16.5. The molecule has 3 aromatic rings. The highest BCUT2D eigenvalue weighted by Crippen LogP contribution is 2.31. The Kier molecular flexibility index (Phi) is 4.13. The number of nitrogens with two attached hydrogens (primary N) is 1. The lowest BCUT2D eigenvalue weighted by Crippen LogP contribution is -2.15. The van der Waals surface area contributed by atoms with Crippen LogP contribution < -0.4 is 5.73 Å². The summed E-state index contributed by atoms with van der Waals surface area (Å²) in [6.45, 7) is 3.87. The number of nitrogens with zero attached hydrogens (tertiary/aromatic N) is 2. The molecule has 0 radical (unpaired) electrons. The van der Waals surface area contributed by atoms with E-state index in [9.17, 15) is 0 Å². The highest BCUT2D eigenvalue weighted by Gasteiger charge is 2.21. The molecular weight excluding hydrogens is 294 g/mol. The Hall–Kier alpha value is -2.10. The van der Waals surface area contributed by atoms with Gasteiger partial charge in [0.15, 0.2) is 0 Å². The molecule has 2 N–H and O–H groups in total. The van der Waals surface area contributed by atoms with Crippen molar-refractivity contribution in [2.45, 2.75) is 32.5 Å². The monoisotopic (exact) mass is 319 g/mol. The van der Waals surface area contributed by atoms with Crippen molar-refractivity contribution in [2.75, 3.05) is 6.54 Å². The van der Waals surface area contributed by atoms with Crippen molar-refractivity contribution in [3.8, 4) is 0 Å². The number of hydrogen-bond acceptors (Lipinski definition) is 2. The van der Waals surface area contributed by atoms with E-state index >= 15 is 0 Å². The molecule has 0 aliphatic carbocycles. The molecule has 0 bridgehead atoms. The van der Waals surface area contributed by atoms with Gasteiger partial charge in [-0.1, -0.05) is 30.3 Å². The van der Waals surface area contributed by atoms with Crippen molar-refractivity contribution >= 4 is 10.9 Å². The number of benzene rings is 2. The minimum Gasteiger partial charge on any atom is -0.350 e. The van der Waals surface area contributed by atoms with Crippen LogP contribution in [-0.4, -0.2) is 16.0 Å². The van der Waals surface area contributed by atoms with E-state index < -0.39 is 0 Å². The lowest BCUT2D eigenvalue weighted by Gasteiger charge is -2.14. The van der Waals surface area contributed by atoms with Crippen LogP contribution in [0.5, 0.6) is 0 Å². The summed E-state index contributed by atoms with van der Waals surface area (Å²) in [6.07, 6.45) is 4.40. The standard InChI is InChI=1S/C21H25N3/c1-23-13-17(8-5-9-22)20-10-18-14-24(15-19(18)11-21(20)23)12-16-6-3-2-4-7-16/h2-4,6-7,10-11,13H,5,8-9,12,14-15,22H2,1H3. The summed E-state index contributed by atoms with van der Waals surface area (Å²) in [7, 11) is 2.15. The van der Waals surface area contributed by atoms with Gasteiger partial charge < -0.3 is 10.3 Å². The maximum absolute atomic E-state index is 5.70. The largest absolute Gasteiger partial charge is 0.350 e. The summed E-state index contributed by atoms with van der Waals surface area (Å²) in [6, 6.07) is 15.6. The van der Waals surface area contributed by atoms with Gasteiger partial charge >= 0.3 is 0 Å². The maximum atomic E-state index is 5.70. The van der Waals surface area contributed by atoms with Crippen LogP contribution in [0, 0.1) is 0 Å². The third-order valence-electron chi connectivity index (χ3n) is 5.08. The summed E-state index contributed by atoms with van der Waals surface area (Å²) < 4.78 is 2.27. The Labute approximate surface area is 143 Å². The van der Waals surface area contributed by atoms with Gasteiger partial charge in [-0.25, -0.2) is 0 Å². The van der Waals surface area contributed by atoms with Crippen molar-refractivity contribution in [1.29, 1.82) is 0 Å². The summed E-state index contributed by atoms with van der Waals surface area (Å²) in [4.78, 5) is 2.53. The van der Waals surface area contributed by atoms with Gasteiger partial charge in [-0.3, -0.25) is 4.90 Å². The Morgan fingerprint density at radius 2 is 1.79 bits per heavy atom. The molecule has 3 nitrogen and oxygen atoms in total. The number of aryl methyl sites for hydroxylation is 2. The van der Waals surface area contributed by atoms with Crippen LogP contribution in [0.1, 0.15) is 28.7 Å². The SMILES string of the molecule is Cn1cc(CCCN)c2cc3c(cc21)CN(Cc1ccccc1)C3. The molecule has 2 heterocycles. The quantitative estimate of drug-likeness (QED) is 0.780.